The number of nitrogens with zero attached hydrogens (tertiary/aromatic N) is 5. The van der Waals surface area contributed by atoms with Gasteiger partial charge in [0.1, 0.15) is 0 Å². The number of piperidine rings is 1. The molecule has 2 aromatic heterocycles. The molecular weight excluding hydrogens is 298 g/mol. The molecule has 1 unspecified atom stereocenters. The van der Waals surface area contributed by atoms with Gasteiger partial charge in [-0.3, -0.25) is 4.98 Å². The highest BCUT2D eigenvalue weighted by Crippen LogP contribution is 2.19. The van der Waals surface area contributed by atoms with Crippen LogP contribution in [0.3, 0.4) is 0 Å². The van der Waals surface area contributed by atoms with Crippen molar-refractivity contribution in [1.82, 2.24) is 20.1 Å². The van der Waals surface area contributed by atoms with Crippen molar-refractivity contribution in [2.24, 2.45) is 5.92 Å². The van der Waals surface area contributed by atoms with Crippen LogP contribution in [0.25, 0.3) is 0 Å². The van der Waals surface area contributed by atoms with E-state index < -0.39 is 0 Å². The largest absolute Gasteiger partial charge is 0.358 e. The van der Waals surface area contributed by atoms with E-state index in [-0.39, 0.29) is 0 Å². The maximum absolute atomic E-state index is 4.45. The van der Waals surface area contributed by atoms with Gasteiger partial charge in [-0.15, -0.1) is 5.10 Å². The first-order chi connectivity index (χ1) is 11.7. The van der Waals surface area contributed by atoms with Gasteiger partial charge in [0.25, 0.3) is 0 Å². The van der Waals surface area contributed by atoms with Crippen molar-refractivity contribution >= 4 is 5.82 Å². The van der Waals surface area contributed by atoms with Gasteiger partial charge in [-0.2, -0.15) is 5.10 Å². The van der Waals surface area contributed by atoms with Crippen molar-refractivity contribution in [2.45, 2.75) is 25.7 Å². The van der Waals surface area contributed by atoms with Gasteiger partial charge in [-0.05, 0) is 63.0 Å². The maximum atomic E-state index is 4.45. The smallest absolute Gasteiger partial charge is 0.150 e. The molecule has 0 N–H and O–H groups in total. The summed E-state index contributed by atoms with van der Waals surface area (Å²) in [4.78, 5) is 8.92. The molecule has 3 heterocycles. The van der Waals surface area contributed by atoms with Crippen LogP contribution in [-0.2, 0) is 12.8 Å². The Balaban J connectivity index is 1.51. The molecule has 1 fully saturated rings. The van der Waals surface area contributed by atoms with Crippen molar-refractivity contribution < 1.29 is 0 Å². The third-order valence-electron chi connectivity index (χ3n) is 4.75. The maximum Gasteiger partial charge on any atom is 0.150 e. The number of likely N-dealkylation sites (tertiary alicyclic amines) is 1. The second-order valence-corrected chi connectivity index (χ2v) is 6.85. The van der Waals surface area contributed by atoms with Crippen LogP contribution in [0, 0.1) is 5.92 Å². The van der Waals surface area contributed by atoms with Crippen LogP contribution in [0.1, 0.15) is 24.2 Å². The van der Waals surface area contributed by atoms with E-state index in [0.717, 1.165) is 36.6 Å². The summed E-state index contributed by atoms with van der Waals surface area (Å²) in [7, 11) is 4.26. The van der Waals surface area contributed by atoms with E-state index in [0.29, 0.717) is 5.92 Å². The Morgan fingerprint density at radius 2 is 2.08 bits per heavy atom. The van der Waals surface area contributed by atoms with E-state index >= 15 is 0 Å². The number of aromatic nitrogens is 3. The van der Waals surface area contributed by atoms with Crippen molar-refractivity contribution in [3.05, 3.63) is 47.9 Å². The molecule has 1 atom stereocenters. The lowest BCUT2D eigenvalue weighted by Gasteiger charge is -2.29. The summed E-state index contributed by atoms with van der Waals surface area (Å²) in [6, 6.07) is 10.3. The molecule has 128 valence electrons. The molecule has 0 bridgehead atoms. The van der Waals surface area contributed by atoms with Gasteiger partial charge in [0.05, 0.1) is 5.69 Å². The summed E-state index contributed by atoms with van der Waals surface area (Å²) in [6.07, 6.45) is 6.39. The lowest BCUT2D eigenvalue weighted by Crippen LogP contribution is -2.33. The highest BCUT2D eigenvalue weighted by Gasteiger charge is 2.18. The second-order valence-electron chi connectivity index (χ2n) is 6.85. The molecular formula is C19H27N5. The molecule has 0 saturated carbocycles. The SMILES string of the molecule is CN1CCCC(Cc2ccc(N(C)CCc3ccccn3)nn2)C1. The van der Waals surface area contributed by atoms with Gasteiger partial charge < -0.3 is 9.80 Å². The minimum atomic E-state index is 0.714. The number of hydrogen-bond acceptors (Lipinski definition) is 5. The third kappa shape index (κ3) is 4.74. The first-order valence-electron chi connectivity index (χ1n) is 8.83. The van der Waals surface area contributed by atoms with Crippen LogP contribution in [0.5, 0.6) is 0 Å². The predicted octanol–water partition coefficient (Wildman–Crippen LogP) is 2.43. The highest BCUT2D eigenvalue weighted by molar-refractivity contribution is 5.36. The zero-order valence-corrected chi connectivity index (χ0v) is 14.7. The van der Waals surface area contributed by atoms with Gasteiger partial charge in [-0.25, -0.2) is 0 Å². The van der Waals surface area contributed by atoms with E-state index in [1.54, 1.807) is 0 Å². The van der Waals surface area contributed by atoms with Gasteiger partial charge in [0, 0.05) is 38.4 Å². The average Bonchev–Trinajstić information content (AvgIpc) is 2.61. The third-order valence-corrected chi connectivity index (χ3v) is 4.75. The average molecular weight is 325 g/mol. The topological polar surface area (TPSA) is 45.2 Å². The van der Waals surface area contributed by atoms with Gasteiger partial charge in [0.15, 0.2) is 5.82 Å². The molecule has 1 saturated heterocycles. The molecule has 0 aliphatic carbocycles. The first kappa shape index (κ1) is 16.8. The standard InChI is InChI=1S/C19H27N5/c1-23-12-5-6-16(15-23)14-18-8-9-19(22-21-18)24(2)13-10-17-7-3-4-11-20-17/h3-4,7-9,11,16H,5-6,10,12-15H2,1-2H3. The Bertz CT molecular complexity index is 613. The summed E-state index contributed by atoms with van der Waals surface area (Å²) in [5.41, 5.74) is 2.22. The zero-order valence-electron chi connectivity index (χ0n) is 14.7. The lowest BCUT2D eigenvalue weighted by molar-refractivity contribution is 0.208. The van der Waals surface area contributed by atoms with E-state index in [1.807, 2.05) is 18.3 Å². The summed E-state index contributed by atoms with van der Waals surface area (Å²) < 4.78 is 0. The molecule has 24 heavy (non-hydrogen) atoms. The Hall–Kier alpha value is -2.01. The lowest BCUT2D eigenvalue weighted by atomic mass is 9.94. The summed E-state index contributed by atoms with van der Waals surface area (Å²) in [6.45, 7) is 3.29. The predicted molar refractivity (Wildman–Crippen MR) is 97.2 cm³/mol. The molecule has 0 aromatic carbocycles. The summed E-state index contributed by atoms with van der Waals surface area (Å²) in [5, 5.41) is 8.87. The van der Waals surface area contributed by atoms with E-state index in [1.165, 1.54) is 25.9 Å². The van der Waals surface area contributed by atoms with Crippen molar-refractivity contribution in [2.75, 3.05) is 38.6 Å². The molecule has 5 heteroatoms. The second kappa shape index (κ2) is 8.20. The Kier molecular flexibility index (Phi) is 5.75. The monoisotopic (exact) mass is 325 g/mol. The fourth-order valence-electron chi connectivity index (χ4n) is 3.34. The fourth-order valence-corrected chi connectivity index (χ4v) is 3.34. The molecule has 5 nitrogen and oxygen atoms in total. The van der Waals surface area contributed by atoms with Crippen molar-refractivity contribution in [1.29, 1.82) is 0 Å². The Labute approximate surface area is 144 Å². The summed E-state index contributed by atoms with van der Waals surface area (Å²) in [5.74, 6) is 1.64. The first-order valence-corrected chi connectivity index (χ1v) is 8.83. The minimum absolute atomic E-state index is 0.714. The molecule has 0 spiro atoms. The minimum Gasteiger partial charge on any atom is -0.358 e. The van der Waals surface area contributed by atoms with Gasteiger partial charge >= 0.3 is 0 Å². The van der Waals surface area contributed by atoms with Crippen LogP contribution in [0.2, 0.25) is 0 Å². The van der Waals surface area contributed by atoms with Crippen LogP contribution in [-0.4, -0.2) is 53.8 Å². The number of rotatable bonds is 6. The van der Waals surface area contributed by atoms with E-state index in [2.05, 4.69) is 57.3 Å². The fraction of sp³-hybridized carbons (Fsp3) is 0.526. The molecule has 3 rings (SSSR count). The molecule has 1 aliphatic rings. The van der Waals surface area contributed by atoms with Gasteiger partial charge in [0.2, 0.25) is 0 Å². The summed E-state index contributed by atoms with van der Waals surface area (Å²) >= 11 is 0. The van der Waals surface area contributed by atoms with E-state index in [4.69, 9.17) is 0 Å². The van der Waals surface area contributed by atoms with Crippen LogP contribution in [0.4, 0.5) is 5.82 Å². The van der Waals surface area contributed by atoms with Crippen LogP contribution >= 0.6 is 0 Å². The number of likely N-dealkylation sites (N-methyl/N-ethyl adjacent to an activating group) is 1. The van der Waals surface area contributed by atoms with Crippen LogP contribution < -0.4 is 4.90 Å². The molecule has 2 aromatic rings. The van der Waals surface area contributed by atoms with Crippen molar-refractivity contribution in [3.8, 4) is 0 Å². The number of hydrogen-bond donors (Lipinski definition) is 0. The quantitative estimate of drug-likeness (QED) is 0.816. The number of anilines is 1. The van der Waals surface area contributed by atoms with Crippen LogP contribution in [0.15, 0.2) is 36.5 Å². The molecule has 0 radical (unpaired) electrons. The van der Waals surface area contributed by atoms with E-state index in [9.17, 15) is 0 Å². The highest BCUT2D eigenvalue weighted by atomic mass is 15.2. The van der Waals surface area contributed by atoms with Gasteiger partial charge in [-0.1, -0.05) is 6.07 Å². The normalized spacial score (nSPS) is 18.5. The molecule has 0 amide bonds. The van der Waals surface area contributed by atoms with Crippen molar-refractivity contribution in [3.63, 3.8) is 0 Å². The number of pyridine rings is 1. The Morgan fingerprint density at radius 1 is 1.17 bits per heavy atom. The molecule has 1 aliphatic heterocycles. The Morgan fingerprint density at radius 3 is 2.79 bits per heavy atom. The zero-order chi connectivity index (χ0) is 16.8.